The van der Waals surface area contributed by atoms with E-state index in [-0.39, 0.29) is 10.8 Å². The topological polar surface area (TPSA) is 84.5 Å². The summed E-state index contributed by atoms with van der Waals surface area (Å²) in [5.74, 6) is 0.619. The summed E-state index contributed by atoms with van der Waals surface area (Å²) in [4.78, 5) is 11.8. The second-order valence-corrected chi connectivity index (χ2v) is 7.02. The van der Waals surface area contributed by atoms with Gasteiger partial charge in [0.25, 0.3) is 0 Å². The van der Waals surface area contributed by atoms with Crippen LogP contribution in [-0.4, -0.2) is 47.3 Å². The second kappa shape index (κ2) is 9.42. The molecule has 1 amide bonds. The van der Waals surface area contributed by atoms with E-state index < -0.39 is 9.84 Å². The number of hydrogen-bond donors (Lipinski definition) is 2. The number of hydrogen-bond acceptors (Lipinski definition) is 5. The fourth-order valence-corrected chi connectivity index (χ4v) is 2.42. The van der Waals surface area contributed by atoms with Gasteiger partial charge in [0.1, 0.15) is 5.75 Å². The Hall–Kier alpha value is -1.60. The number of ether oxygens (including phenoxy) is 1. The monoisotopic (exact) mass is 328 g/mol. The summed E-state index contributed by atoms with van der Waals surface area (Å²) in [6, 6.07) is 6.26. The third kappa shape index (κ3) is 7.42. The predicted molar refractivity (Wildman–Crippen MR) is 85.8 cm³/mol. The Bertz CT molecular complexity index is 555. The van der Waals surface area contributed by atoms with Crippen molar-refractivity contribution in [3.05, 3.63) is 24.3 Å². The van der Waals surface area contributed by atoms with E-state index in [1.165, 1.54) is 12.1 Å². The zero-order valence-electron chi connectivity index (χ0n) is 13.1. The van der Waals surface area contributed by atoms with Gasteiger partial charge < -0.3 is 15.4 Å². The van der Waals surface area contributed by atoms with Crippen LogP contribution in [0.5, 0.6) is 5.75 Å². The van der Waals surface area contributed by atoms with Gasteiger partial charge in [-0.05, 0) is 50.7 Å². The lowest BCUT2D eigenvalue weighted by atomic mass is 10.3. The number of carbonyl (C=O) groups is 1. The van der Waals surface area contributed by atoms with Crippen LogP contribution in [-0.2, 0) is 14.6 Å². The number of benzene rings is 1. The maximum Gasteiger partial charge on any atom is 0.220 e. The van der Waals surface area contributed by atoms with Crippen LogP contribution in [0.3, 0.4) is 0 Å². The molecule has 22 heavy (non-hydrogen) atoms. The van der Waals surface area contributed by atoms with Crippen molar-refractivity contribution in [3.63, 3.8) is 0 Å². The molecular formula is C15H24N2O4S. The molecule has 1 aromatic rings. The van der Waals surface area contributed by atoms with Crippen molar-refractivity contribution in [2.24, 2.45) is 0 Å². The van der Waals surface area contributed by atoms with E-state index in [2.05, 4.69) is 10.6 Å². The highest BCUT2D eigenvalue weighted by Gasteiger charge is 2.06. The van der Waals surface area contributed by atoms with Crippen molar-refractivity contribution >= 4 is 15.7 Å². The molecule has 1 aromatic carbocycles. The average molecular weight is 328 g/mol. The van der Waals surface area contributed by atoms with Crippen molar-refractivity contribution in [1.29, 1.82) is 0 Å². The molecule has 0 unspecified atom stereocenters. The molecule has 0 atom stereocenters. The van der Waals surface area contributed by atoms with Crippen LogP contribution in [0.2, 0.25) is 0 Å². The molecule has 0 radical (unpaired) electrons. The lowest BCUT2D eigenvalue weighted by Gasteiger charge is -2.07. The Morgan fingerprint density at radius 1 is 1.14 bits per heavy atom. The molecule has 2 N–H and O–H groups in total. The highest BCUT2D eigenvalue weighted by molar-refractivity contribution is 7.90. The lowest BCUT2D eigenvalue weighted by Crippen LogP contribution is -2.26. The summed E-state index contributed by atoms with van der Waals surface area (Å²) in [6.45, 7) is 1.97. The molecule has 0 heterocycles. The molecule has 0 bridgehead atoms. The maximum absolute atomic E-state index is 11.5. The molecule has 0 aliphatic heterocycles. The zero-order chi connectivity index (χ0) is 16.4. The summed E-state index contributed by atoms with van der Waals surface area (Å²) in [5, 5.41) is 5.86. The Balaban J connectivity index is 2.20. The maximum atomic E-state index is 11.5. The van der Waals surface area contributed by atoms with Gasteiger partial charge in [0.15, 0.2) is 9.84 Å². The van der Waals surface area contributed by atoms with E-state index in [0.717, 1.165) is 19.2 Å². The first-order chi connectivity index (χ1) is 10.4. The van der Waals surface area contributed by atoms with Crippen LogP contribution >= 0.6 is 0 Å². The van der Waals surface area contributed by atoms with Crippen molar-refractivity contribution in [3.8, 4) is 5.75 Å². The molecule has 6 nitrogen and oxygen atoms in total. The van der Waals surface area contributed by atoms with Crippen LogP contribution in [0.1, 0.15) is 19.3 Å². The lowest BCUT2D eigenvalue weighted by molar-refractivity contribution is -0.121. The van der Waals surface area contributed by atoms with Crippen LogP contribution in [0.15, 0.2) is 29.2 Å². The number of amides is 1. The molecular weight excluding hydrogens is 304 g/mol. The number of rotatable bonds is 10. The van der Waals surface area contributed by atoms with Gasteiger partial charge >= 0.3 is 0 Å². The minimum atomic E-state index is -3.18. The normalized spacial score (nSPS) is 11.2. The summed E-state index contributed by atoms with van der Waals surface area (Å²) >= 11 is 0. The van der Waals surface area contributed by atoms with Crippen molar-refractivity contribution < 1.29 is 17.9 Å². The van der Waals surface area contributed by atoms with Gasteiger partial charge in [-0.2, -0.15) is 0 Å². The molecule has 0 aromatic heterocycles. The smallest absolute Gasteiger partial charge is 0.220 e. The Morgan fingerprint density at radius 3 is 2.41 bits per heavy atom. The van der Waals surface area contributed by atoms with Crippen molar-refractivity contribution in [1.82, 2.24) is 10.6 Å². The first-order valence-corrected chi connectivity index (χ1v) is 9.17. The summed E-state index contributed by atoms with van der Waals surface area (Å²) in [6.07, 6.45) is 3.11. The average Bonchev–Trinajstić information content (AvgIpc) is 2.48. The van der Waals surface area contributed by atoms with Crippen LogP contribution in [0.4, 0.5) is 0 Å². The minimum absolute atomic E-state index is 0.0205. The Kier molecular flexibility index (Phi) is 7.90. The highest BCUT2D eigenvalue weighted by atomic mass is 32.2. The van der Waals surface area contributed by atoms with Gasteiger partial charge in [-0.15, -0.1) is 0 Å². The molecule has 0 fully saturated rings. The van der Waals surface area contributed by atoms with Gasteiger partial charge in [0.05, 0.1) is 11.5 Å². The molecule has 0 aliphatic carbocycles. The van der Waals surface area contributed by atoms with E-state index in [1.54, 1.807) is 12.1 Å². The second-order valence-electron chi connectivity index (χ2n) is 5.00. The standard InChI is InChI=1S/C15H24N2O4S/c1-16-10-4-11-17-15(18)5-3-12-21-13-6-8-14(9-7-13)22(2,19)20/h6-9,16H,3-5,10-12H2,1-2H3,(H,17,18). The van der Waals surface area contributed by atoms with Gasteiger partial charge in [-0.1, -0.05) is 0 Å². The molecule has 1 rings (SSSR count). The first kappa shape index (κ1) is 18.4. The van der Waals surface area contributed by atoms with E-state index in [1.807, 2.05) is 7.05 Å². The van der Waals surface area contributed by atoms with E-state index >= 15 is 0 Å². The number of carbonyl (C=O) groups excluding carboxylic acids is 1. The largest absolute Gasteiger partial charge is 0.494 e. The number of sulfone groups is 1. The van der Waals surface area contributed by atoms with E-state index in [0.29, 0.717) is 31.7 Å². The first-order valence-electron chi connectivity index (χ1n) is 7.27. The van der Waals surface area contributed by atoms with Gasteiger partial charge in [0.2, 0.25) is 5.91 Å². The highest BCUT2D eigenvalue weighted by Crippen LogP contribution is 2.16. The van der Waals surface area contributed by atoms with Crippen LogP contribution < -0.4 is 15.4 Å². The molecule has 0 saturated carbocycles. The summed E-state index contributed by atoms with van der Waals surface area (Å²) in [5.41, 5.74) is 0. The summed E-state index contributed by atoms with van der Waals surface area (Å²) in [7, 11) is -1.31. The van der Waals surface area contributed by atoms with Crippen LogP contribution in [0.25, 0.3) is 0 Å². The van der Waals surface area contributed by atoms with Gasteiger partial charge in [-0.25, -0.2) is 8.42 Å². The minimum Gasteiger partial charge on any atom is -0.494 e. The van der Waals surface area contributed by atoms with Gasteiger partial charge in [-0.3, -0.25) is 4.79 Å². The zero-order valence-corrected chi connectivity index (χ0v) is 13.9. The Morgan fingerprint density at radius 2 is 1.82 bits per heavy atom. The predicted octanol–water partition coefficient (Wildman–Crippen LogP) is 0.975. The van der Waals surface area contributed by atoms with E-state index in [9.17, 15) is 13.2 Å². The van der Waals surface area contributed by atoms with Crippen molar-refractivity contribution in [2.45, 2.75) is 24.2 Å². The fourth-order valence-electron chi connectivity index (χ4n) is 1.79. The third-order valence-electron chi connectivity index (χ3n) is 2.99. The Labute approximate surface area is 132 Å². The fraction of sp³-hybridized carbons (Fsp3) is 0.533. The summed E-state index contributed by atoms with van der Waals surface area (Å²) < 4.78 is 28.1. The van der Waals surface area contributed by atoms with Gasteiger partial charge in [0, 0.05) is 19.2 Å². The molecule has 124 valence electrons. The van der Waals surface area contributed by atoms with Crippen molar-refractivity contribution in [2.75, 3.05) is 33.0 Å². The quantitative estimate of drug-likeness (QED) is 0.625. The SMILES string of the molecule is CNCCCNC(=O)CCCOc1ccc(S(C)(=O)=O)cc1. The van der Waals surface area contributed by atoms with E-state index in [4.69, 9.17) is 4.74 Å². The number of nitrogens with one attached hydrogen (secondary N) is 2. The molecule has 7 heteroatoms. The third-order valence-corrected chi connectivity index (χ3v) is 4.12. The van der Waals surface area contributed by atoms with Crippen LogP contribution in [0, 0.1) is 0 Å². The molecule has 0 spiro atoms. The molecule has 0 saturated heterocycles. The molecule has 0 aliphatic rings.